The maximum absolute atomic E-state index is 13.3. The van der Waals surface area contributed by atoms with Crippen molar-refractivity contribution < 1.29 is 74.7 Å². The highest BCUT2D eigenvalue weighted by molar-refractivity contribution is 7.94. The minimum atomic E-state index is -5.19. The predicted octanol–water partition coefficient (Wildman–Crippen LogP) is -0.0945. The Hall–Kier alpha value is -4.57. The van der Waals surface area contributed by atoms with E-state index >= 15 is 0 Å². The molecule has 24 heteroatoms. The Morgan fingerprint density at radius 3 is 1.88 bits per heavy atom. The zero-order valence-electron chi connectivity index (χ0n) is 25.3. The number of anilines is 1. The third kappa shape index (κ3) is 9.03. The molecule has 0 aliphatic carbocycles. The van der Waals surface area contributed by atoms with E-state index in [9.17, 15) is 55.9 Å². The Bertz CT molecular complexity index is 2250. The van der Waals surface area contributed by atoms with E-state index in [0.717, 1.165) is 62.4 Å². The number of hydrazone groups is 1. The van der Waals surface area contributed by atoms with Gasteiger partial charge in [0, 0.05) is 29.2 Å². The molecule has 0 unspecified atom stereocenters. The number of amides is 1. The summed E-state index contributed by atoms with van der Waals surface area (Å²) in [7, 11) is -10.4. The molecule has 1 aliphatic heterocycles. The van der Waals surface area contributed by atoms with Gasteiger partial charge in [-0.25, -0.2) is 21.5 Å². The van der Waals surface area contributed by atoms with E-state index in [1.54, 1.807) is 0 Å². The molecule has 3 aromatic rings. The van der Waals surface area contributed by atoms with Crippen LogP contribution in [0.15, 0.2) is 91.0 Å². The second kappa shape index (κ2) is 16.2. The molecule has 0 spiro atoms. The molecular formula is C27H17N4O16S4-5. The first kappa shape index (κ1) is 39.2. The minimum Gasteiger partial charge on any atom is -0.858 e. The summed E-state index contributed by atoms with van der Waals surface area (Å²) in [5.41, 5.74) is -2.70. The Labute approximate surface area is 295 Å². The molecule has 0 radical (unpaired) electrons. The SMILES string of the molecule is CC(=O)C1=NN(c2cc(SOO[O-])ccc2S(=O)(=O)[O-])C(=O)C1=CC=CC=Cc1c(C(C)=O)nn(-c2cc(SOO[O-])ccc2S(=O)(=O)[O-])c1[O-]. The summed E-state index contributed by atoms with van der Waals surface area (Å²) in [5.74, 6) is -3.55. The molecule has 0 atom stereocenters. The van der Waals surface area contributed by atoms with Gasteiger partial charge >= 0.3 is 0 Å². The molecule has 1 aromatic heterocycles. The van der Waals surface area contributed by atoms with Crippen LogP contribution in [0.2, 0.25) is 0 Å². The first-order chi connectivity index (χ1) is 24.0. The van der Waals surface area contributed by atoms with Crippen LogP contribution < -0.4 is 20.6 Å². The van der Waals surface area contributed by atoms with E-state index in [2.05, 4.69) is 28.9 Å². The van der Waals surface area contributed by atoms with Crippen molar-refractivity contribution in [3.8, 4) is 11.6 Å². The van der Waals surface area contributed by atoms with Crippen LogP contribution in [0.1, 0.15) is 29.9 Å². The van der Waals surface area contributed by atoms with Crippen molar-refractivity contribution in [2.45, 2.75) is 33.4 Å². The lowest BCUT2D eigenvalue weighted by Crippen LogP contribution is -2.23. The summed E-state index contributed by atoms with van der Waals surface area (Å²) in [6, 6.07) is 5.76. The molecule has 0 saturated heterocycles. The molecule has 20 nitrogen and oxygen atoms in total. The molecule has 270 valence electrons. The molecule has 4 rings (SSSR count). The van der Waals surface area contributed by atoms with Crippen LogP contribution in [0.5, 0.6) is 5.88 Å². The highest BCUT2D eigenvalue weighted by Gasteiger charge is 2.35. The van der Waals surface area contributed by atoms with Gasteiger partial charge in [-0.1, -0.05) is 24.3 Å². The fraction of sp³-hybridized carbons (Fsp3) is 0.0741. The number of rotatable bonds is 15. The fourth-order valence-electron chi connectivity index (χ4n) is 4.30. The number of allylic oxidation sites excluding steroid dienone is 4. The van der Waals surface area contributed by atoms with Crippen molar-refractivity contribution in [2.75, 3.05) is 5.01 Å². The van der Waals surface area contributed by atoms with Crippen LogP contribution in [-0.2, 0) is 48.6 Å². The van der Waals surface area contributed by atoms with E-state index in [0.29, 0.717) is 33.8 Å². The second-order valence-corrected chi connectivity index (χ2v) is 13.8. The van der Waals surface area contributed by atoms with Gasteiger partial charge in [0.15, 0.2) is 11.6 Å². The quantitative estimate of drug-likeness (QED) is 0.0370. The van der Waals surface area contributed by atoms with Crippen LogP contribution in [0.25, 0.3) is 11.8 Å². The van der Waals surface area contributed by atoms with Gasteiger partial charge in [0.2, 0.25) is 0 Å². The van der Waals surface area contributed by atoms with Gasteiger partial charge in [-0.3, -0.25) is 24.5 Å². The van der Waals surface area contributed by atoms with Gasteiger partial charge in [-0.15, -0.1) is 0 Å². The zero-order chi connectivity index (χ0) is 37.7. The van der Waals surface area contributed by atoms with Crippen LogP contribution in [0.4, 0.5) is 5.69 Å². The highest BCUT2D eigenvalue weighted by atomic mass is 32.2. The highest BCUT2D eigenvalue weighted by Crippen LogP contribution is 2.35. The predicted molar refractivity (Wildman–Crippen MR) is 163 cm³/mol. The number of Topliss-reactive ketones (excluding diaryl/α,β-unsaturated/α-hetero) is 2. The van der Waals surface area contributed by atoms with Crippen molar-refractivity contribution in [3.63, 3.8) is 0 Å². The zero-order valence-corrected chi connectivity index (χ0v) is 28.6. The number of carbonyl (C=O) groups excluding carboxylic acids is 3. The molecule has 2 aromatic carbocycles. The van der Waals surface area contributed by atoms with E-state index in [1.165, 1.54) is 18.2 Å². The topological polar surface area (TPSA) is 305 Å². The van der Waals surface area contributed by atoms with Crippen molar-refractivity contribution in [2.24, 2.45) is 5.10 Å². The summed E-state index contributed by atoms with van der Waals surface area (Å²) in [6.45, 7) is 2.12. The number of hydrogen-bond acceptors (Lipinski definition) is 20. The van der Waals surface area contributed by atoms with E-state index < -0.39 is 76.2 Å². The summed E-state index contributed by atoms with van der Waals surface area (Å²) >= 11 is 0.638. The molecule has 51 heavy (non-hydrogen) atoms. The van der Waals surface area contributed by atoms with Gasteiger partial charge in [-0.05, 0) is 48.4 Å². The molecule has 1 aliphatic rings. The molecule has 2 heterocycles. The second-order valence-electron chi connectivity index (χ2n) is 9.59. The van der Waals surface area contributed by atoms with Crippen LogP contribution in [-0.4, -0.2) is 58.9 Å². The maximum Gasteiger partial charge on any atom is 0.281 e. The van der Waals surface area contributed by atoms with E-state index in [-0.39, 0.29) is 20.9 Å². The van der Waals surface area contributed by atoms with Crippen LogP contribution >= 0.6 is 24.1 Å². The number of nitrogens with zero attached hydrogens (tertiary/aromatic N) is 4. The first-order valence-corrected chi connectivity index (χ1v) is 17.6. The van der Waals surface area contributed by atoms with E-state index in [4.69, 9.17) is 0 Å². The average Bonchev–Trinajstić information content (AvgIpc) is 3.57. The number of carbonyl (C=O) groups is 3. The smallest absolute Gasteiger partial charge is 0.281 e. The van der Waals surface area contributed by atoms with Crippen molar-refractivity contribution in [1.29, 1.82) is 0 Å². The molecule has 1 amide bonds. The number of ketones is 2. The maximum atomic E-state index is 13.3. The lowest BCUT2D eigenvalue weighted by Gasteiger charge is -2.19. The van der Waals surface area contributed by atoms with Gasteiger partial charge in [0.1, 0.15) is 31.6 Å². The van der Waals surface area contributed by atoms with E-state index in [1.807, 2.05) is 0 Å². The summed E-state index contributed by atoms with van der Waals surface area (Å²) in [4.78, 5) is 36.3. The molecule has 0 N–H and O–H groups in total. The molecular weight excluding hydrogens is 765 g/mol. The summed E-state index contributed by atoms with van der Waals surface area (Å²) < 4.78 is 80.4. The normalized spacial score (nSPS) is 14.7. The van der Waals surface area contributed by atoms with Crippen molar-refractivity contribution in [1.82, 2.24) is 9.78 Å². The largest absolute Gasteiger partial charge is 0.858 e. The van der Waals surface area contributed by atoms with Crippen molar-refractivity contribution >= 4 is 79.3 Å². The summed E-state index contributed by atoms with van der Waals surface area (Å²) in [6.07, 6.45) is 5.83. The standard InChI is InChI=1S/C27H22N4O16S4/c1-14(32)24-18(26(34)30(28-24)20-12-16(48-46-44-36)8-10-22(20)50(38,39)40)6-4-3-5-7-19-25(15(2)33)29-31(27(19)35)21-13-17(49-47-45-37)9-11-23(21)51(41,42)43/h3-13,34,36-37H,1-2H3,(H,38,39,40)(H,41,42,43)/p-5. The third-order valence-electron chi connectivity index (χ3n) is 6.34. The Morgan fingerprint density at radius 2 is 1.37 bits per heavy atom. The Kier molecular flexibility index (Phi) is 12.4. The number of aromatic nitrogens is 2. The van der Waals surface area contributed by atoms with Crippen LogP contribution in [0.3, 0.4) is 0 Å². The van der Waals surface area contributed by atoms with Gasteiger partial charge in [-0.2, -0.15) is 23.9 Å². The van der Waals surface area contributed by atoms with Crippen molar-refractivity contribution in [3.05, 3.63) is 77.5 Å². The Morgan fingerprint density at radius 1 is 0.824 bits per heavy atom. The Balaban J connectivity index is 1.70. The first-order valence-electron chi connectivity index (χ1n) is 13.3. The minimum absolute atomic E-state index is 0.00872. The molecule has 0 fully saturated rings. The lowest BCUT2D eigenvalue weighted by atomic mass is 10.1. The number of benzene rings is 2. The molecule has 0 saturated carbocycles. The average molecular weight is 782 g/mol. The van der Waals surface area contributed by atoms with Crippen LogP contribution in [0, 0.1) is 0 Å². The van der Waals surface area contributed by atoms with Gasteiger partial charge < -0.3 is 24.7 Å². The monoisotopic (exact) mass is 781 g/mol. The fourth-order valence-corrected chi connectivity index (χ4v) is 6.35. The van der Waals surface area contributed by atoms with Gasteiger partial charge in [0.25, 0.3) is 5.91 Å². The third-order valence-corrected chi connectivity index (χ3v) is 9.25. The lowest BCUT2D eigenvalue weighted by molar-refractivity contribution is -0.777. The number of hydrogen-bond donors (Lipinski definition) is 0. The summed E-state index contributed by atoms with van der Waals surface area (Å²) in [5, 5.41) is 48.5. The van der Waals surface area contributed by atoms with Gasteiger partial charge in [0.05, 0.1) is 50.8 Å². The molecule has 0 bridgehead atoms.